The van der Waals surface area contributed by atoms with Crippen LogP contribution in [0.2, 0.25) is 5.15 Å². The van der Waals surface area contributed by atoms with Crippen LogP contribution in [0.25, 0.3) is 0 Å². The van der Waals surface area contributed by atoms with E-state index < -0.39 is 0 Å². The third-order valence-electron chi connectivity index (χ3n) is 3.61. The van der Waals surface area contributed by atoms with Crippen LogP contribution in [-0.4, -0.2) is 17.8 Å². The minimum Gasteiger partial charge on any atom is -0.360 e. The molecule has 1 atom stereocenters. The van der Waals surface area contributed by atoms with Crippen LogP contribution in [-0.2, 0) is 0 Å². The fraction of sp³-hybridized carbons (Fsp3) is 0.200. The van der Waals surface area contributed by atoms with E-state index in [0.29, 0.717) is 10.7 Å². The number of pyridine rings is 1. The number of halogens is 1. The number of nitrogens with zero attached hydrogens (tertiary/aromatic N) is 2. The molecular formula is C15H13ClN2O. The average Bonchev–Trinajstić information content (AvgIpc) is 2.63. The molecule has 1 aliphatic rings. The fourth-order valence-corrected chi connectivity index (χ4v) is 2.76. The smallest absolute Gasteiger partial charge is 0.193 e. The maximum absolute atomic E-state index is 12.5. The van der Waals surface area contributed by atoms with Crippen molar-refractivity contribution in [2.24, 2.45) is 0 Å². The van der Waals surface area contributed by atoms with Crippen molar-refractivity contribution in [3.05, 3.63) is 58.4 Å². The molecule has 0 radical (unpaired) electrons. The minimum absolute atomic E-state index is 0.0796. The molecule has 0 N–H and O–H groups in total. The molecule has 0 saturated carbocycles. The van der Waals surface area contributed by atoms with Gasteiger partial charge in [0, 0.05) is 13.2 Å². The zero-order chi connectivity index (χ0) is 13.6. The first-order valence-corrected chi connectivity index (χ1v) is 6.45. The molecule has 4 heteroatoms. The van der Waals surface area contributed by atoms with Gasteiger partial charge in [-0.05, 0) is 24.1 Å². The van der Waals surface area contributed by atoms with Crippen molar-refractivity contribution in [1.82, 2.24) is 4.98 Å². The molecule has 1 aliphatic heterocycles. The minimum atomic E-state index is -0.281. The summed E-state index contributed by atoms with van der Waals surface area (Å²) in [5.74, 6) is 0.0796. The number of aryl methyl sites for hydroxylation is 1. The van der Waals surface area contributed by atoms with E-state index in [-0.39, 0.29) is 11.8 Å². The lowest BCUT2D eigenvalue weighted by Gasteiger charge is -2.22. The second-order valence-corrected chi connectivity index (χ2v) is 5.15. The summed E-state index contributed by atoms with van der Waals surface area (Å²) < 4.78 is 0. The number of rotatable bonds is 1. The third-order valence-corrected chi connectivity index (χ3v) is 3.82. The van der Waals surface area contributed by atoms with E-state index in [1.807, 2.05) is 43.1 Å². The summed E-state index contributed by atoms with van der Waals surface area (Å²) in [4.78, 5) is 18.5. The molecule has 2 aromatic rings. The van der Waals surface area contributed by atoms with Gasteiger partial charge in [-0.25, -0.2) is 4.98 Å². The lowest BCUT2D eigenvalue weighted by Crippen LogP contribution is -2.24. The van der Waals surface area contributed by atoms with E-state index >= 15 is 0 Å². The van der Waals surface area contributed by atoms with E-state index in [1.165, 1.54) is 0 Å². The molecule has 0 spiro atoms. The van der Waals surface area contributed by atoms with Crippen LogP contribution >= 0.6 is 11.6 Å². The summed E-state index contributed by atoms with van der Waals surface area (Å²) in [7, 11) is 1.91. The SMILES string of the molecule is Cc1ccccc1C1C(=O)c2cnc(Cl)cc2N1C. The van der Waals surface area contributed by atoms with Crippen molar-refractivity contribution >= 4 is 23.1 Å². The Labute approximate surface area is 116 Å². The molecule has 96 valence electrons. The lowest BCUT2D eigenvalue weighted by molar-refractivity contribution is 0.0972. The Morgan fingerprint density at radius 2 is 2.05 bits per heavy atom. The maximum Gasteiger partial charge on any atom is 0.193 e. The van der Waals surface area contributed by atoms with Gasteiger partial charge in [-0.15, -0.1) is 0 Å². The molecule has 0 aliphatic carbocycles. The van der Waals surface area contributed by atoms with E-state index in [1.54, 1.807) is 12.3 Å². The summed E-state index contributed by atoms with van der Waals surface area (Å²) in [5, 5.41) is 0.406. The van der Waals surface area contributed by atoms with Gasteiger partial charge >= 0.3 is 0 Å². The first-order chi connectivity index (χ1) is 9.09. The van der Waals surface area contributed by atoms with Crippen LogP contribution in [0, 0.1) is 6.92 Å². The highest BCUT2D eigenvalue weighted by Gasteiger charge is 2.37. The summed E-state index contributed by atoms with van der Waals surface area (Å²) in [6.07, 6.45) is 1.56. The van der Waals surface area contributed by atoms with Crippen LogP contribution in [0.1, 0.15) is 27.5 Å². The predicted octanol–water partition coefficient (Wildman–Crippen LogP) is 3.42. The van der Waals surface area contributed by atoms with Crippen molar-refractivity contribution in [3.8, 4) is 0 Å². The number of likely N-dealkylation sites (N-methyl/N-ethyl adjacent to an activating group) is 1. The molecule has 3 rings (SSSR count). The Kier molecular flexibility index (Phi) is 2.79. The number of fused-ring (bicyclic) bond motifs is 1. The molecule has 0 bridgehead atoms. The third kappa shape index (κ3) is 1.81. The number of ketones is 1. The number of Topliss-reactive ketones (excluding diaryl/α,β-unsaturated/α-hetero) is 1. The van der Waals surface area contributed by atoms with E-state index in [9.17, 15) is 4.79 Å². The number of benzene rings is 1. The van der Waals surface area contributed by atoms with Gasteiger partial charge in [-0.2, -0.15) is 0 Å². The van der Waals surface area contributed by atoms with Gasteiger partial charge in [0.05, 0.1) is 11.3 Å². The predicted molar refractivity (Wildman–Crippen MR) is 75.9 cm³/mol. The van der Waals surface area contributed by atoms with Crippen LogP contribution in [0.5, 0.6) is 0 Å². The molecule has 19 heavy (non-hydrogen) atoms. The molecule has 0 amide bonds. The zero-order valence-electron chi connectivity index (χ0n) is 10.7. The first kappa shape index (κ1) is 12.2. The summed E-state index contributed by atoms with van der Waals surface area (Å²) >= 11 is 5.91. The van der Waals surface area contributed by atoms with Crippen LogP contribution in [0.3, 0.4) is 0 Å². The number of carbonyl (C=O) groups is 1. The number of carbonyl (C=O) groups excluding carboxylic acids is 1. The molecule has 3 nitrogen and oxygen atoms in total. The lowest BCUT2D eigenvalue weighted by atomic mass is 9.97. The molecule has 1 aromatic carbocycles. The van der Waals surface area contributed by atoms with Crippen LogP contribution in [0.15, 0.2) is 36.5 Å². The second kappa shape index (κ2) is 4.35. The highest BCUT2D eigenvalue weighted by Crippen LogP contribution is 2.40. The molecule has 2 heterocycles. The van der Waals surface area contributed by atoms with Crippen molar-refractivity contribution in [1.29, 1.82) is 0 Å². The van der Waals surface area contributed by atoms with Gasteiger partial charge in [0.2, 0.25) is 0 Å². The van der Waals surface area contributed by atoms with Gasteiger partial charge in [-0.1, -0.05) is 35.9 Å². The summed E-state index contributed by atoms with van der Waals surface area (Å²) in [6.45, 7) is 2.02. The Bertz CT molecular complexity index is 669. The van der Waals surface area contributed by atoms with Crippen molar-refractivity contribution < 1.29 is 4.79 Å². The highest BCUT2D eigenvalue weighted by molar-refractivity contribution is 6.30. The van der Waals surface area contributed by atoms with Crippen LogP contribution in [0.4, 0.5) is 5.69 Å². The normalized spacial score (nSPS) is 17.7. The van der Waals surface area contributed by atoms with E-state index in [2.05, 4.69) is 4.98 Å². The number of hydrogen-bond acceptors (Lipinski definition) is 3. The largest absolute Gasteiger partial charge is 0.360 e. The highest BCUT2D eigenvalue weighted by atomic mass is 35.5. The average molecular weight is 273 g/mol. The van der Waals surface area contributed by atoms with Gasteiger partial charge in [0.25, 0.3) is 0 Å². The fourth-order valence-electron chi connectivity index (χ4n) is 2.61. The molecule has 0 fully saturated rings. The van der Waals surface area contributed by atoms with E-state index in [0.717, 1.165) is 16.8 Å². The van der Waals surface area contributed by atoms with Gasteiger partial charge in [0.1, 0.15) is 11.2 Å². The molecule has 1 unspecified atom stereocenters. The zero-order valence-corrected chi connectivity index (χ0v) is 11.5. The van der Waals surface area contributed by atoms with Crippen molar-refractivity contribution in [2.45, 2.75) is 13.0 Å². The standard InChI is InChI=1S/C15H13ClN2O/c1-9-5-3-4-6-10(9)14-15(19)11-8-17-13(16)7-12(11)18(14)2/h3-8,14H,1-2H3. The van der Waals surface area contributed by atoms with Gasteiger partial charge in [-0.3, -0.25) is 4.79 Å². The molecule has 0 saturated heterocycles. The first-order valence-electron chi connectivity index (χ1n) is 6.07. The van der Waals surface area contributed by atoms with E-state index in [4.69, 9.17) is 11.6 Å². The summed E-state index contributed by atoms with van der Waals surface area (Å²) in [6, 6.07) is 9.41. The Balaban J connectivity index is 2.13. The topological polar surface area (TPSA) is 33.2 Å². The van der Waals surface area contributed by atoms with Gasteiger partial charge < -0.3 is 4.90 Å². The van der Waals surface area contributed by atoms with Crippen LogP contribution < -0.4 is 4.90 Å². The maximum atomic E-state index is 12.5. The van der Waals surface area contributed by atoms with Crippen molar-refractivity contribution in [3.63, 3.8) is 0 Å². The van der Waals surface area contributed by atoms with Gasteiger partial charge in [0.15, 0.2) is 5.78 Å². The molecular weight excluding hydrogens is 260 g/mol. The number of hydrogen-bond donors (Lipinski definition) is 0. The molecule has 1 aromatic heterocycles. The monoisotopic (exact) mass is 272 g/mol. The summed E-state index contributed by atoms with van der Waals surface area (Å²) in [5.41, 5.74) is 3.63. The Morgan fingerprint density at radius 3 is 2.79 bits per heavy atom. The Morgan fingerprint density at radius 1 is 1.32 bits per heavy atom. The Hall–Kier alpha value is -1.87. The van der Waals surface area contributed by atoms with Crippen molar-refractivity contribution in [2.75, 3.05) is 11.9 Å². The number of anilines is 1. The second-order valence-electron chi connectivity index (χ2n) is 4.76. The number of aromatic nitrogens is 1. The quantitative estimate of drug-likeness (QED) is 0.746.